The molecule has 0 aromatic heterocycles. The molecular formula is C15H23N3O3. The second-order valence-corrected chi connectivity index (χ2v) is 5.61. The summed E-state index contributed by atoms with van der Waals surface area (Å²) in [5, 5.41) is 19.5. The maximum absolute atomic E-state index is 12.4. The number of benzene rings is 1. The Bertz CT molecular complexity index is 477. The zero-order chi connectivity index (χ0) is 15.4. The topological polar surface area (TPSA) is 67.2 Å². The summed E-state index contributed by atoms with van der Waals surface area (Å²) in [7, 11) is 4.08. The Kier molecular flexibility index (Phi) is 5.03. The van der Waals surface area contributed by atoms with Crippen molar-refractivity contribution < 1.29 is 15.0 Å². The van der Waals surface area contributed by atoms with E-state index in [4.69, 9.17) is 0 Å². The molecule has 1 aliphatic rings. The Morgan fingerprint density at radius 1 is 1.14 bits per heavy atom. The van der Waals surface area contributed by atoms with Crippen LogP contribution >= 0.6 is 0 Å². The van der Waals surface area contributed by atoms with Crippen LogP contribution in [0.15, 0.2) is 18.2 Å². The zero-order valence-corrected chi connectivity index (χ0v) is 12.6. The highest BCUT2D eigenvalue weighted by molar-refractivity contribution is 5.99. The monoisotopic (exact) mass is 293 g/mol. The third kappa shape index (κ3) is 3.86. The normalized spacial score (nSPS) is 16.4. The van der Waals surface area contributed by atoms with Gasteiger partial charge in [0.2, 0.25) is 0 Å². The van der Waals surface area contributed by atoms with Crippen molar-refractivity contribution in [3.63, 3.8) is 0 Å². The fourth-order valence-corrected chi connectivity index (χ4v) is 2.42. The molecule has 0 bridgehead atoms. The number of likely N-dealkylation sites (N-methyl/N-ethyl adjacent to an activating group) is 1. The van der Waals surface area contributed by atoms with Gasteiger partial charge in [-0.3, -0.25) is 9.69 Å². The van der Waals surface area contributed by atoms with Crippen LogP contribution in [0.5, 0.6) is 11.5 Å². The fraction of sp³-hybridized carbons (Fsp3) is 0.533. The highest BCUT2D eigenvalue weighted by Crippen LogP contribution is 2.27. The molecule has 1 aromatic rings. The van der Waals surface area contributed by atoms with Gasteiger partial charge in [-0.1, -0.05) is 6.07 Å². The van der Waals surface area contributed by atoms with Gasteiger partial charge in [-0.15, -0.1) is 0 Å². The molecule has 0 spiro atoms. The lowest BCUT2D eigenvalue weighted by Crippen LogP contribution is -2.50. The Morgan fingerprint density at radius 2 is 1.71 bits per heavy atom. The molecule has 2 rings (SSSR count). The number of phenols is 2. The number of aromatic hydroxyl groups is 2. The first kappa shape index (κ1) is 15.6. The smallest absolute Gasteiger partial charge is 0.261 e. The first-order chi connectivity index (χ1) is 9.99. The van der Waals surface area contributed by atoms with Crippen LogP contribution in [0.3, 0.4) is 0 Å². The Hall–Kier alpha value is -1.79. The third-order valence-corrected chi connectivity index (χ3v) is 3.76. The summed E-state index contributed by atoms with van der Waals surface area (Å²) in [4.78, 5) is 18.5. The van der Waals surface area contributed by atoms with E-state index in [2.05, 4.69) is 9.80 Å². The van der Waals surface area contributed by atoms with Crippen molar-refractivity contribution in [2.24, 2.45) is 0 Å². The lowest BCUT2D eigenvalue weighted by Gasteiger charge is -2.35. The SMILES string of the molecule is CN(C)CCN1CCN(C(=O)c2c(O)cccc2O)CC1. The van der Waals surface area contributed by atoms with Crippen LogP contribution < -0.4 is 0 Å². The van der Waals surface area contributed by atoms with Crippen LogP contribution in [-0.2, 0) is 0 Å². The van der Waals surface area contributed by atoms with Crippen molar-refractivity contribution in [1.29, 1.82) is 0 Å². The van der Waals surface area contributed by atoms with Gasteiger partial charge in [-0.25, -0.2) is 0 Å². The molecule has 1 aromatic carbocycles. The van der Waals surface area contributed by atoms with Crippen LogP contribution in [-0.4, -0.2) is 84.2 Å². The lowest BCUT2D eigenvalue weighted by molar-refractivity contribution is 0.0624. The summed E-state index contributed by atoms with van der Waals surface area (Å²) >= 11 is 0. The predicted octanol–water partition coefficient (Wildman–Crippen LogP) is 0.417. The minimum atomic E-state index is -0.308. The molecule has 0 radical (unpaired) electrons. The molecule has 6 nitrogen and oxygen atoms in total. The average molecular weight is 293 g/mol. The molecule has 1 aliphatic heterocycles. The molecule has 0 unspecified atom stereocenters. The van der Waals surface area contributed by atoms with Crippen molar-refractivity contribution in [2.45, 2.75) is 0 Å². The number of amides is 1. The third-order valence-electron chi connectivity index (χ3n) is 3.76. The van der Waals surface area contributed by atoms with Gasteiger partial charge in [0.05, 0.1) is 0 Å². The van der Waals surface area contributed by atoms with Gasteiger partial charge in [-0.05, 0) is 26.2 Å². The summed E-state index contributed by atoms with van der Waals surface area (Å²) in [6, 6.07) is 4.35. The minimum absolute atomic E-state index is 0.000702. The molecule has 116 valence electrons. The van der Waals surface area contributed by atoms with E-state index < -0.39 is 0 Å². The van der Waals surface area contributed by atoms with Gasteiger partial charge in [-0.2, -0.15) is 0 Å². The van der Waals surface area contributed by atoms with E-state index in [9.17, 15) is 15.0 Å². The van der Waals surface area contributed by atoms with Crippen molar-refractivity contribution in [2.75, 3.05) is 53.4 Å². The predicted molar refractivity (Wildman–Crippen MR) is 80.7 cm³/mol. The molecule has 2 N–H and O–H groups in total. The number of nitrogens with zero attached hydrogens (tertiary/aromatic N) is 3. The number of hydrogen-bond donors (Lipinski definition) is 2. The maximum Gasteiger partial charge on any atom is 0.261 e. The van der Waals surface area contributed by atoms with Gasteiger partial charge in [0.1, 0.15) is 17.1 Å². The average Bonchev–Trinajstić information content (AvgIpc) is 2.45. The van der Waals surface area contributed by atoms with Crippen LogP contribution in [0.25, 0.3) is 0 Å². The molecule has 0 saturated carbocycles. The summed E-state index contributed by atoms with van der Waals surface area (Å²) in [6.45, 7) is 4.83. The van der Waals surface area contributed by atoms with Crippen molar-refractivity contribution in [1.82, 2.24) is 14.7 Å². The molecule has 1 fully saturated rings. The Morgan fingerprint density at radius 3 is 2.24 bits per heavy atom. The summed E-state index contributed by atoms with van der Waals surface area (Å²) in [6.07, 6.45) is 0. The largest absolute Gasteiger partial charge is 0.507 e. The summed E-state index contributed by atoms with van der Waals surface area (Å²) < 4.78 is 0. The maximum atomic E-state index is 12.4. The number of carbonyl (C=O) groups is 1. The molecule has 1 heterocycles. The molecule has 6 heteroatoms. The minimum Gasteiger partial charge on any atom is -0.507 e. The molecular weight excluding hydrogens is 270 g/mol. The highest BCUT2D eigenvalue weighted by atomic mass is 16.3. The first-order valence-electron chi connectivity index (χ1n) is 7.16. The quantitative estimate of drug-likeness (QED) is 0.842. The highest BCUT2D eigenvalue weighted by Gasteiger charge is 2.25. The summed E-state index contributed by atoms with van der Waals surface area (Å²) in [5.74, 6) is -0.650. The van der Waals surface area contributed by atoms with Crippen LogP contribution in [0, 0.1) is 0 Å². The van der Waals surface area contributed by atoms with Gasteiger partial charge >= 0.3 is 0 Å². The molecule has 1 amide bonds. The van der Waals surface area contributed by atoms with E-state index in [0.29, 0.717) is 13.1 Å². The van der Waals surface area contributed by atoms with Crippen molar-refractivity contribution >= 4 is 5.91 Å². The van der Waals surface area contributed by atoms with Gasteiger partial charge in [0, 0.05) is 39.3 Å². The molecule has 21 heavy (non-hydrogen) atoms. The summed E-state index contributed by atoms with van der Waals surface area (Å²) in [5.41, 5.74) is -0.000702. The lowest BCUT2D eigenvalue weighted by atomic mass is 10.1. The van der Waals surface area contributed by atoms with Gasteiger partial charge < -0.3 is 20.0 Å². The number of hydrogen-bond acceptors (Lipinski definition) is 5. The number of phenolic OH excluding ortho intramolecular Hbond substituents is 2. The van der Waals surface area contributed by atoms with Crippen molar-refractivity contribution in [3.05, 3.63) is 23.8 Å². The number of rotatable bonds is 4. The van der Waals surface area contributed by atoms with E-state index in [1.807, 2.05) is 14.1 Å². The fourth-order valence-electron chi connectivity index (χ4n) is 2.42. The Balaban J connectivity index is 1.94. The number of piperazine rings is 1. The van der Waals surface area contributed by atoms with E-state index in [1.165, 1.54) is 18.2 Å². The standard InChI is InChI=1S/C15H23N3O3/c1-16(2)6-7-17-8-10-18(11-9-17)15(21)14-12(19)4-3-5-13(14)20/h3-5,19-20H,6-11H2,1-2H3. The van der Waals surface area contributed by atoms with Crippen LogP contribution in [0.1, 0.15) is 10.4 Å². The first-order valence-corrected chi connectivity index (χ1v) is 7.16. The van der Waals surface area contributed by atoms with Crippen LogP contribution in [0.2, 0.25) is 0 Å². The molecule has 0 aliphatic carbocycles. The molecule has 1 saturated heterocycles. The van der Waals surface area contributed by atoms with E-state index >= 15 is 0 Å². The zero-order valence-electron chi connectivity index (χ0n) is 12.6. The van der Waals surface area contributed by atoms with E-state index in [-0.39, 0.29) is 23.0 Å². The van der Waals surface area contributed by atoms with Crippen LogP contribution in [0.4, 0.5) is 0 Å². The van der Waals surface area contributed by atoms with E-state index in [0.717, 1.165) is 26.2 Å². The second kappa shape index (κ2) is 6.78. The second-order valence-electron chi connectivity index (χ2n) is 5.61. The Labute approximate surface area is 125 Å². The van der Waals surface area contributed by atoms with E-state index in [1.54, 1.807) is 4.90 Å². The van der Waals surface area contributed by atoms with Gasteiger partial charge in [0.25, 0.3) is 5.91 Å². The van der Waals surface area contributed by atoms with Gasteiger partial charge in [0.15, 0.2) is 0 Å². The number of carbonyl (C=O) groups excluding carboxylic acids is 1. The van der Waals surface area contributed by atoms with Crippen molar-refractivity contribution in [3.8, 4) is 11.5 Å². The molecule has 0 atom stereocenters.